The summed E-state index contributed by atoms with van der Waals surface area (Å²) < 4.78 is 118. The van der Waals surface area contributed by atoms with Crippen LogP contribution in [0.3, 0.4) is 0 Å². The van der Waals surface area contributed by atoms with Gasteiger partial charge in [-0.05, 0) is 36.2 Å². The second-order valence-corrected chi connectivity index (χ2v) is 7.54. The van der Waals surface area contributed by atoms with Crippen LogP contribution in [0.25, 0.3) is 0 Å². The molecule has 0 bridgehead atoms. The lowest BCUT2D eigenvalue weighted by atomic mass is 9.89. The lowest BCUT2D eigenvalue weighted by Crippen LogP contribution is -2.44. The first-order valence-corrected chi connectivity index (χ1v) is 9.34. The Labute approximate surface area is 185 Å². The largest absolute Gasteiger partial charge is 0.437 e. The summed E-state index contributed by atoms with van der Waals surface area (Å²) in [5.41, 5.74) is -5.72. The molecule has 1 aliphatic heterocycles. The van der Waals surface area contributed by atoms with Gasteiger partial charge in [0.2, 0.25) is 5.91 Å². The molecule has 34 heavy (non-hydrogen) atoms. The minimum atomic E-state index is -5.19. The Morgan fingerprint density at radius 1 is 1.12 bits per heavy atom. The van der Waals surface area contributed by atoms with Gasteiger partial charge in [-0.2, -0.15) is 44.6 Å². The van der Waals surface area contributed by atoms with Crippen molar-refractivity contribution in [2.45, 2.75) is 43.9 Å². The zero-order valence-electron chi connectivity index (χ0n) is 17.3. The molecule has 1 N–H and O–H groups in total. The number of hydrogen-bond acceptors (Lipinski definition) is 4. The van der Waals surface area contributed by atoms with Gasteiger partial charge in [-0.3, -0.25) is 9.48 Å². The molecule has 15 heteroatoms. The summed E-state index contributed by atoms with van der Waals surface area (Å²) in [6.07, 6.45) is -17.6. The van der Waals surface area contributed by atoms with Gasteiger partial charge in [0.05, 0.1) is 17.8 Å². The third-order valence-electron chi connectivity index (χ3n) is 4.96. The topological polar surface area (TPSA) is 68.5 Å². The normalized spacial score (nSPS) is 19.1. The van der Waals surface area contributed by atoms with Gasteiger partial charge in [0.25, 0.3) is 5.60 Å². The van der Waals surface area contributed by atoms with E-state index in [1.165, 1.54) is 25.1 Å². The SMILES string of the molecule is Cc1cc(C2=NOC(c3cc(C(F)(F)F)nn3C)(C(F)(F)F)C2)ccc1NC(=O)CC(F)(F)F. The van der Waals surface area contributed by atoms with E-state index in [0.29, 0.717) is 4.68 Å². The predicted octanol–water partition coefficient (Wildman–Crippen LogP) is 5.22. The molecule has 1 aromatic heterocycles. The molecule has 0 radical (unpaired) electrons. The molecule has 6 nitrogen and oxygen atoms in total. The number of alkyl halides is 9. The second kappa shape index (κ2) is 8.20. The molecular formula is C19H15F9N4O2. The number of hydrogen-bond donors (Lipinski definition) is 1. The van der Waals surface area contributed by atoms with E-state index in [4.69, 9.17) is 4.84 Å². The van der Waals surface area contributed by atoms with E-state index in [1.807, 2.05) is 5.32 Å². The number of amides is 1. The number of nitrogens with one attached hydrogen (secondary N) is 1. The third kappa shape index (κ3) is 4.97. The summed E-state index contributed by atoms with van der Waals surface area (Å²) in [7, 11) is 0.905. The van der Waals surface area contributed by atoms with Crippen molar-refractivity contribution in [3.05, 3.63) is 46.8 Å². The Morgan fingerprint density at radius 2 is 1.76 bits per heavy atom. The van der Waals surface area contributed by atoms with Crippen LogP contribution >= 0.6 is 0 Å². The third-order valence-corrected chi connectivity index (χ3v) is 4.96. The van der Waals surface area contributed by atoms with Gasteiger partial charge in [-0.1, -0.05) is 11.2 Å². The summed E-state index contributed by atoms with van der Waals surface area (Å²) in [5, 5.41) is 8.58. The average Bonchev–Trinajstić information content (AvgIpc) is 3.26. The minimum Gasteiger partial charge on any atom is -0.372 e. The molecular weight excluding hydrogens is 487 g/mol. The van der Waals surface area contributed by atoms with Crippen molar-refractivity contribution < 1.29 is 49.1 Å². The average molecular weight is 502 g/mol. The van der Waals surface area contributed by atoms with E-state index >= 15 is 0 Å². The minimum absolute atomic E-state index is 0.0129. The highest BCUT2D eigenvalue weighted by Gasteiger charge is 2.64. The van der Waals surface area contributed by atoms with Gasteiger partial charge in [0.1, 0.15) is 6.42 Å². The molecule has 0 aliphatic carbocycles. The molecule has 0 saturated carbocycles. The predicted molar refractivity (Wildman–Crippen MR) is 98.7 cm³/mol. The molecule has 0 spiro atoms. The summed E-state index contributed by atoms with van der Waals surface area (Å²) >= 11 is 0. The fraction of sp³-hybridized carbons (Fsp3) is 0.421. The molecule has 1 atom stereocenters. The molecule has 3 rings (SSSR count). The highest BCUT2D eigenvalue weighted by Crippen LogP contribution is 2.49. The number of oxime groups is 1. The number of nitrogens with zero attached hydrogens (tertiary/aromatic N) is 3. The van der Waals surface area contributed by atoms with Crippen molar-refractivity contribution in [2.75, 3.05) is 5.32 Å². The number of carbonyl (C=O) groups excluding carboxylic acids is 1. The lowest BCUT2D eigenvalue weighted by Gasteiger charge is -2.28. The van der Waals surface area contributed by atoms with E-state index < -0.39 is 54.3 Å². The van der Waals surface area contributed by atoms with Crippen LogP contribution in [0.15, 0.2) is 29.4 Å². The number of anilines is 1. The number of rotatable bonds is 4. The van der Waals surface area contributed by atoms with Crippen molar-refractivity contribution in [3.8, 4) is 0 Å². The lowest BCUT2D eigenvalue weighted by molar-refractivity contribution is -0.278. The fourth-order valence-electron chi connectivity index (χ4n) is 3.37. The molecule has 186 valence electrons. The van der Waals surface area contributed by atoms with Crippen LogP contribution in [-0.4, -0.2) is 33.8 Å². The molecule has 2 aromatic rings. The summed E-state index contributed by atoms with van der Waals surface area (Å²) in [4.78, 5) is 16.2. The second-order valence-electron chi connectivity index (χ2n) is 7.54. The molecule has 1 aliphatic rings. The van der Waals surface area contributed by atoms with E-state index in [9.17, 15) is 44.3 Å². The van der Waals surface area contributed by atoms with Crippen molar-refractivity contribution in [3.63, 3.8) is 0 Å². The van der Waals surface area contributed by atoms with Crippen molar-refractivity contribution >= 4 is 17.3 Å². The Kier molecular flexibility index (Phi) is 6.12. The first-order chi connectivity index (χ1) is 15.4. The van der Waals surface area contributed by atoms with Crippen LogP contribution in [0.2, 0.25) is 0 Å². The first kappa shape index (κ1) is 25.4. The summed E-state index contributed by atoms with van der Waals surface area (Å²) in [6, 6.07) is 3.84. The maximum atomic E-state index is 14.0. The van der Waals surface area contributed by atoms with Crippen LogP contribution in [-0.2, 0) is 28.5 Å². The number of benzene rings is 1. The highest BCUT2D eigenvalue weighted by atomic mass is 19.4. The van der Waals surface area contributed by atoms with Gasteiger partial charge in [0.15, 0.2) is 5.69 Å². The number of aromatic nitrogens is 2. The van der Waals surface area contributed by atoms with E-state index in [0.717, 1.165) is 7.05 Å². The molecule has 0 fully saturated rings. The fourth-order valence-corrected chi connectivity index (χ4v) is 3.37. The zero-order valence-corrected chi connectivity index (χ0v) is 17.3. The first-order valence-electron chi connectivity index (χ1n) is 9.34. The number of aryl methyl sites for hydroxylation is 2. The Bertz CT molecular complexity index is 1130. The summed E-state index contributed by atoms with van der Waals surface area (Å²) in [6.45, 7) is 1.39. The van der Waals surface area contributed by atoms with Crippen molar-refractivity contribution in [2.24, 2.45) is 12.2 Å². The Morgan fingerprint density at radius 3 is 2.26 bits per heavy atom. The zero-order chi connectivity index (χ0) is 25.7. The molecule has 0 saturated heterocycles. The quantitative estimate of drug-likeness (QED) is 0.583. The van der Waals surface area contributed by atoms with E-state index in [-0.39, 0.29) is 28.6 Å². The van der Waals surface area contributed by atoms with E-state index in [2.05, 4.69) is 10.3 Å². The maximum absolute atomic E-state index is 14.0. The van der Waals surface area contributed by atoms with Crippen LogP contribution < -0.4 is 5.32 Å². The van der Waals surface area contributed by atoms with Crippen LogP contribution in [0.4, 0.5) is 45.2 Å². The molecule has 1 unspecified atom stereocenters. The van der Waals surface area contributed by atoms with Crippen molar-refractivity contribution in [1.29, 1.82) is 0 Å². The van der Waals surface area contributed by atoms with Gasteiger partial charge in [0, 0.05) is 12.7 Å². The smallest absolute Gasteiger partial charge is 0.372 e. The van der Waals surface area contributed by atoms with Crippen LogP contribution in [0.1, 0.15) is 35.4 Å². The highest BCUT2D eigenvalue weighted by molar-refractivity contribution is 6.02. The Balaban J connectivity index is 1.89. The number of carbonyl (C=O) groups is 1. The van der Waals surface area contributed by atoms with Gasteiger partial charge in [-0.15, -0.1) is 0 Å². The molecule has 1 aromatic carbocycles. The standard InChI is InChI=1S/C19H15F9N4O2/c1-9-5-10(3-4-11(9)29-15(33)8-17(20,21)22)12-7-16(34-31-12,19(26,27)28)14-6-13(18(23,24)25)30-32(14)2/h3-6H,7-8H2,1-2H3,(H,29,33). The van der Waals surface area contributed by atoms with E-state index in [1.54, 1.807) is 0 Å². The van der Waals surface area contributed by atoms with Crippen LogP contribution in [0, 0.1) is 6.92 Å². The van der Waals surface area contributed by atoms with Crippen LogP contribution in [0.5, 0.6) is 0 Å². The van der Waals surface area contributed by atoms with Gasteiger partial charge < -0.3 is 10.2 Å². The maximum Gasteiger partial charge on any atom is 0.437 e. The molecule has 1 amide bonds. The number of halogens is 9. The summed E-state index contributed by atoms with van der Waals surface area (Å²) in [5.74, 6) is -1.34. The van der Waals surface area contributed by atoms with Gasteiger partial charge in [-0.25, -0.2) is 0 Å². The monoisotopic (exact) mass is 502 g/mol. The van der Waals surface area contributed by atoms with Crippen molar-refractivity contribution in [1.82, 2.24) is 9.78 Å². The van der Waals surface area contributed by atoms with Gasteiger partial charge >= 0.3 is 18.5 Å². The molecule has 2 heterocycles. The Hall–Kier alpha value is -3.26.